The van der Waals surface area contributed by atoms with Crippen LogP contribution in [0, 0.1) is 0 Å². The molecule has 0 bridgehead atoms. The van der Waals surface area contributed by atoms with Gasteiger partial charge in [-0.2, -0.15) is 0 Å². The van der Waals surface area contributed by atoms with Gasteiger partial charge < -0.3 is 0 Å². The van der Waals surface area contributed by atoms with Crippen molar-refractivity contribution in [2.75, 3.05) is 0 Å². The molecular formula is C24H28Cl2SiTi. The summed E-state index contributed by atoms with van der Waals surface area (Å²) < 4.78 is 6.53. The van der Waals surface area contributed by atoms with E-state index in [2.05, 4.69) is 106 Å². The molecule has 0 spiro atoms. The van der Waals surface area contributed by atoms with Crippen LogP contribution in [0.5, 0.6) is 0 Å². The van der Waals surface area contributed by atoms with E-state index in [1.165, 1.54) is 11.1 Å². The van der Waals surface area contributed by atoms with Crippen LogP contribution >= 0.6 is 24.8 Å². The summed E-state index contributed by atoms with van der Waals surface area (Å²) in [7, 11) is 2.36. The first kappa shape index (κ1) is 23.2. The zero-order valence-corrected chi connectivity index (χ0v) is 21.1. The molecule has 4 rings (SSSR count). The SMILES string of the molecule is CC1=[C]([Ti](=[SiH2])([C]2=C(C)C=CC2)([c]2ccccc2)[c]2ccccc2)CC=C1.Cl.Cl. The smallest absolute Gasteiger partial charge is 0.147 e. The quantitative estimate of drug-likeness (QED) is 0.548. The molecule has 2 aromatic carbocycles. The Morgan fingerprint density at radius 3 is 1.29 bits per heavy atom. The zero-order chi connectivity index (χ0) is 18.2. The predicted octanol–water partition coefficient (Wildman–Crippen LogP) is 5.19. The summed E-state index contributed by atoms with van der Waals surface area (Å²) in [6.45, 7) is 4.64. The number of allylic oxidation sites excluding steroid dienone is 8. The van der Waals surface area contributed by atoms with E-state index in [1.807, 2.05) is 0 Å². The Bertz CT molecular complexity index is 959. The van der Waals surface area contributed by atoms with E-state index in [1.54, 1.807) is 15.5 Å². The van der Waals surface area contributed by atoms with E-state index >= 15 is 0 Å². The molecule has 0 saturated heterocycles. The molecule has 2 aromatic rings. The van der Waals surface area contributed by atoms with Gasteiger partial charge in [0.05, 0.1) is 0 Å². The molecule has 2 aliphatic carbocycles. The normalized spacial score (nSPS) is 16.2. The summed E-state index contributed by atoms with van der Waals surface area (Å²) in [6.07, 6.45) is 11.6. The largest absolute Gasteiger partial charge is 0.147 e. The summed E-state index contributed by atoms with van der Waals surface area (Å²) in [5, 5.41) is 0. The van der Waals surface area contributed by atoms with E-state index in [0.29, 0.717) is 0 Å². The standard InChI is InChI=1S/2C6H7.2C6H5.2ClH.H2Si.Ti/c2*1-6-4-2-3-5-6;2*1-2-4-6-5-3-1;;;;/h2*2,4H,3H2,1H3;2*1-5H;2*1H;1H2;. The maximum atomic E-state index is 2.40. The first-order chi connectivity index (χ1) is 12.6. The van der Waals surface area contributed by atoms with Crippen molar-refractivity contribution in [2.45, 2.75) is 26.7 Å². The average Bonchev–Trinajstić information content (AvgIpc) is 3.32. The van der Waals surface area contributed by atoms with Crippen LogP contribution in [0.2, 0.25) is 0 Å². The van der Waals surface area contributed by atoms with E-state index in [-0.39, 0.29) is 24.8 Å². The Balaban J connectivity index is 0.00000140. The van der Waals surface area contributed by atoms with Gasteiger partial charge in [0.15, 0.2) is 0 Å². The molecule has 2 aliphatic rings. The second kappa shape index (κ2) is 8.73. The van der Waals surface area contributed by atoms with Gasteiger partial charge in [0.25, 0.3) is 0 Å². The Morgan fingerprint density at radius 2 is 1.00 bits per heavy atom. The fourth-order valence-electron chi connectivity index (χ4n) is 5.21. The molecule has 28 heavy (non-hydrogen) atoms. The minimum Gasteiger partial charge on any atom is -0.147 e. The van der Waals surface area contributed by atoms with E-state index in [9.17, 15) is 0 Å². The maximum absolute atomic E-state index is 3.60. The third-order valence-electron chi connectivity index (χ3n) is 6.49. The van der Waals surface area contributed by atoms with Gasteiger partial charge in [-0.3, -0.25) is 0 Å². The number of rotatable bonds is 4. The summed E-state index contributed by atoms with van der Waals surface area (Å²) >= 11 is -3.60. The van der Waals surface area contributed by atoms with Crippen molar-refractivity contribution in [3.63, 3.8) is 0 Å². The van der Waals surface area contributed by atoms with Gasteiger partial charge in [0, 0.05) is 0 Å². The van der Waals surface area contributed by atoms with Crippen molar-refractivity contribution in [3.05, 3.63) is 104 Å². The van der Waals surface area contributed by atoms with Crippen LogP contribution in [0.4, 0.5) is 0 Å². The van der Waals surface area contributed by atoms with Crippen molar-refractivity contribution >= 4 is 40.2 Å². The van der Waals surface area contributed by atoms with Crippen molar-refractivity contribution in [3.8, 4) is 0 Å². The van der Waals surface area contributed by atoms with Crippen LogP contribution in [0.25, 0.3) is 0 Å². The minimum absolute atomic E-state index is 0. The fraction of sp³-hybridized carbons (Fsp3) is 0.167. The van der Waals surface area contributed by atoms with Crippen LogP contribution in [0.3, 0.4) is 0 Å². The monoisotopic (exact) mass is 462 g/mol. The van der Waals surface area contributed by atoms with Gasteiger partial charge in [-0.1, -0.05) is 0 Å². The summed E-state index contributed by atoms with van der Waals surface area (Å²) in [4.78, 5) is 0. The molecule has 0 heterocycles. The molecule has 0 atom stereocenters. The van der Waals surface area contributed by atoms with Crippen LogP contribution in [0.15, 0.2) is 104 Å². The van der Waals surface area contributed by atoms with Gasteiger partial charge in [-0.25, -0.2) is 0 Å². The minimum atomic E-state index is -3.60. The molecule has 0 fully saturated rings. The van der Waals surface area contributed by atoms with E-state index in [0.717, 1.165) is 12.8 Å². The van der Waals surface area contributed by atoms with Crippen molar-refractivity contribution in [1.29, 1.82) is 0 Å². The third kappa shape index (κ3) is 3.18. The first-order valence-electron chi connectivity index (χ1n) is 9.44. The fourth-order valence-corrected chi connectivity index (χ4v) is 21.6. The van der Waals surface area contributed by atoms with Crippen LogP contribution in [-0.2, 0) is 14.0 Å². The van der Waals surface area contributed by atoms with Crippen LogP contribution in [-0.4, -0.2) is 7.63 Å². The molecular weight excluding hydrogens is 435 g/mol. The van der Waals surface area contributed by atoms with Crippen LogP contribution in [0.1, 0.15) is 26.7 Å². The Morgan fingerprint density at radius 1 is 0.643 bits per heavy atom. The molecule has 146 valence electrons. The second-order valence-electron chi connectivity index (χ2n) is 7.73. The Kier molecular flexibility index (Phi) is 7.23. The predicted molar refractivity (Wildman–Crippen MR) is 128 cm³/mol. The molecule has 0 aliphatic heterocycles. The number of hydrogen-bond acceptors (Lipinski definition) is 0. The molecule has 0 amide bonds. The Labute approximate surface area is 183 Å². The number of halogens is 2. The second-order valence-corrected chi connectivity index (χ2v) is 21.8. The number of hydrogen-bond donors (Lipinski definition) is 0. The molecule has 0 N–H and O–H groups in total. The van der Waals surface area contributed by atoms with Crippen molar-refractivity contribution in [2.24, 2.45) is 0 Å². The van der Waals surface area contributed by atoms with Gasteiger partial charge in [0.2, 0.25) is 0 Å². The number of benzene rings is 2. The van der Waals surface area contributed by atoms with Crippen molar-refractivity contribution < 1.29 is 14.0 Å². The summed E-state index contributed by atoms with van der Waals surface area (Å²) in [6, 6.07) is 22.8. The molecule has 0 nitrogen and oxygen atoms in total. The van der Waals surface area contributed by atoms with Gasteiger partial charge in [0.1, 0.15) is 0 Å². The molecule has 0 aromatic heterocycles. The third-order valence-corrected chi connectivity index (χ3v) is 24.4. The maximum Gasteiger partial charge on any atom is -0.147 e. The van der Waals surface area contributed by atoms with E-state index < -0.39 is 14.0 Å². The molecule has 4 heteroatoms. The summed E-state index contributed by atoms with van der Waals surface area (Å²) in [5.74, 6) is 0. The molecule has 0 unspecified atom stereocenters. The van der Waals surface area contributed by atoms with Gasteiger partial charge >= 0.3 is 160 Å². The average molecular weight is 463 g/mol. The first-order valence-corrected chi connectivity index (χ1v) is 16.6. The van der Waals surface area contributed by atoms with Crippen LogP contribution < -0.4 is 7.74 Å². The van der Waals surface area contributed by atoms with Crippen molar-refractivity contribution in [1.82, 2.24) is 0 Å². The molecule has 0 saturated carbocycles. The topological polar surface area (TPSA) is 0 Å². The zero-order valence-electron chi connectivity index (χ0n) is 16.5. The van der Waals surface area contributed by atoms with Gasteiger partial charge in [-0.15, -0.1) is 24.8 Å². The van der Waals surface area contributed by atoms with Gasteiger partial charge in [-0.05, 0) is 0 Å². The Hall–Kier alpha value is -1.09. The van der Waals surface area contributed by atoms with E-state index in [4.69, 9.17) is 0 Å². The molecule has 0 radical (unpaired) electrons. The summed E-state index contributed by atoms with van der Waals surface area (Å²) in [5.41, 5.74) is 2.97.